The van der Waals surface area contributed by atoms with Crippen LogP contribution < -0.4 is 0 Å². The van der Waals surface area contributed by atoms with Crippen molar-refractivity contribution in [3.05, 3.63) is 0 Å². The van der Waals surface area contributed by atoms with Crippen molar-refractivity contribution >= 4 is 0 Å². The first-order valence-corrected chi connectivity index (χ1v) is 6.49. The molecule has 110 valence electrons. The Bertz CT molecular complexity index is 308. The first kappa shape index (κ1) is 16.2. The van der Waals surface area contributed by atoms with Crippen LogP contribution in [0.3, 0.4) is 0 Å². The summed E-state index contributed by atoms with van der Waals surface area (Å²) in [7, 11) is 0. The summed E-state index contributed by atoms with van der Waals surface area (Å²) < 4.78 is 36.7. The van der Waals surface area contributed by atoms with E-state index >= 15 is 0 Å². The van der Waals surface area contributed by atoms with Gasteiger partial charge in [0.2, 0.25) is 0 Å². The highest BCUT2D eigenvalue weighted by Gasteiger charge is 2.39. The summed E-state index contributed by atoms with van der Waals surface area (Å²) in [6.07, 6.45) is -5.16. The second-order valence-electron chi connectivity index (χ2n) is 4.83. The molecule has 0 aromatic heterocycles. The third-order valence-electron chi connectivity index (χ3n) is 3.37. The first-order chi connectivity index (χ1) is 8.88. The number of piperazine rings is 1. The predicted octanol–water partition coefficient (Wildman–Crippen LogP) is 1.22. The monoisotopic (exact) mass is 279 g/mol. The zero-order chi connectivity index (χ0) is 14.5. The lowest BCUT2D eigenvalue weighted by Gasteiger charge is -2.37. The summed E-state index contributed by atoms with van der Waals surface area (Å²) in [5, 5.41) is 18.0. The van der Waals surface area contributed by atoms with Crippen LogP contribution >= 0.6 is 0 Å². The molecule has 1 aliphatic rings. The summed E-state index contributed by atoms with van der Waals surface area (Å²) in [6, 6.07) is 2.08. The maximum atomic E-state index is 12.2. The topological polar surface area (TPSA) is 50.5 Å². The molecule has 2 unspecified atom stereocenters. The Labute approximate surface area is 111 Å². The van der Waals surface area contributed by atoms with Gasteiger partial charge in [0.1, 0.15) is 0 Å². The van der Waals surface area contributed by atoms with Crippen molar-refractivity contribution in [1.29, 1.82) is 5.26 Å². The van der Waals surface area contributed by atoms with E-state index in [2.05, 4.69) is 6.07 Å². The summed E-state index contributed by atoms with van der Waals surface area (Å²) >= 11 is 0. The minimum Gasteiger partial charge on any atom is -0.382 e. The van der Waals surface area contributed by atoms with Gasteiger partial charge in [-0.05, 0) is 6.42 Å². The number of aliphatic hydroxyl groups excluding tert-OH is 1. The third kappa shape index (κ3) is 4.97. The number of nitrogens with zero attached hydrogens (tertiary/aromatic N) is 3. The number of hydrogen-bond acceptors (Lipinski definition) is 4. The smallest absolute Gasteiger partial charge is 0.382 e. The normalized spacial score (nSPS) is 21.9. The average Bonchev–Trinajstić information content (AvgIpc) is 2.36. The van der Waals surface area contributed by atoms with E-state index in [4.69, 9.17) is 10.4 Å². The van der Waals surface area contributed by atoms with Gasteiger partial charge in [0.05, 0.1) is 12.1 Å². The van der Waals surface area contributed by atoms with Crippen LogP contribution in [0.4, 0.5) is 13.2 Å². The number of nitriles is 1. The molecule has 0 saturated carbocycles. The van der Waals surface area contributed by atoms with Crippen LogP contribution in [0.15, 0.2) is 0 Å². The predicted molar refractivity (Wildman–Crippen MR) is 64.4 cm³/mol. The van der Waals surface area contributed by atoms with Crippen molar-refractivity contribution in [2.45, 2.75) is 38.1 Å². The van der Waals surface area contributed by atoms with E-state index in [1.165, 1.54) is 0 Å². The second kappa shape index (κ2) is 7.08. The number of aliphatic hydroxyl groups is 1. The van der Waals surface area contributed by atoms with Gasteiger partial charge in [-0.15, -0.1) is 0 Å². The Hall–Kier alpha value is -0.840. The summed E-state index contributed by atoms with van der Waals surface area (Å²) in [5.74, 6) is 0. The molecule has 1 saturated heterocycles. The lowest BCUT2D eigenvalue weighted by Crippen LogP contribution is -2.52. The zero-order valence-corrected chi connectivity index (χ0v) is 11.0. The van der Waals surface area contributed by atoms with E-state index in [1.54, 1.807) is 4.90 Å². The van der Waals surface area contributed by atoms with Crippen LogP contribution in [-0.4, -0.2) is 66.0 Å². The molecule has 1 aliphatic heterocycles. The fraction of sp³-hybridized carbons (Fsp3) is 0.917. The molecule has 1 rings (SSSR count). The molecule has 1 N–H and O–H groups in total. The molecule has 0 aliphatic carbocycles. The van der Waals surface area contributed by atoms with Gasteiger partial charge in [0, 0.05) is 32.7 Å². The van der Waals surface area contributed by atoms with Gasteiger partial charge >= 0.3 is 6.18 Å². The summed E-state index contributed by atoms with van der Waals surface area (Å²) in [4.78, 5) is 3.59. The Balaban J connectivity index is 2.39. The molecule has 0 aromatic carbocycles. The van der Waals surface area contributed by atoms with Crippen molar-refractivity contribution < 1.29 is 18.3 Å². The Morgan fingerprint density at radius 1 is 1.26 bits per heavy atom. The molecule has 0 radical (unpaired) electrons. The average molecular weight is 279 g/mol. The van der Waals surface area contributed by atoms with E-state index in [0.29, 0.717) is 26.2 Å². The quantitative estimate of drug-likeness (QED) is 0.822. The number of hydrogen-bond donors (Lipinski definition) is 1. The van der Waals surface area contributed by atoms with E-state index < -0.39 is 12.3 Å². The van der Waals surface area contributed by atoms with Crippen LogP contribution in [0.5, 0.6) is 0 Å². The van der Waals surface area contributed by atoms with Crippen molar-refractivity contribution in [1.82, 2.24) is 9.80 Å². The minimum atomic E-state index is -4.56. The van der Waals surface area contributed by atoms with Crippen LogP contribution in [0.1, 0.15) is 19.8 Å². The highest BCUT2D eigenvalue weighted by molar-refractivity contribution is 4.93. The van der Waals surface area contributed by atoms with Crippen molar-refractivity contribution in [3.63, 3.8) is 0 Å². The minimum absolute atomic E-state index is 0.153. The van der Waals surface area contributed by atoms with E-state index in [0.717, 1.165) is 12.8 Å². The SMILES string of the molecule is CCCC(C#N)N1CCN(CC(O)C(F)(F)F)CC1. The van der Waals surface area contributed by atoms with E-state index in [9.17, 15) is 13.2 Å². The molecule has 0 aromatic rings. The van der Waals surface area contributed by atoms with Gasteiger partial charge in [-0.1, -0.05) is 13.3 Å². The fourth-order valence-corrected chi connectivity index (χ4v) is 2.21. The van der Waals surface area contributed by atoms with Crippen LogP contribution in [0, 0.1) is 11.3 Å². The van der Waals surface area contributed by atoms with E-state index in [1.807, 2.05) is 11.8 Å². The zero-order valence-electron chi connectivity index (χ0n) is 11.0. The van der Waals surface area contributed by atoms with Gasteiger partial charge in [-0.3, -0.25) is 9.80 Å². The number of β-amino-alcohol motifs (C(OH)–C–C–N with tert-alkyl or cyclic N) is 1. The second-order valence-corrected chi connectivity index (χ2v) is 4.83. The highest BCUT2D eigenvalue weighted by atomic mass is 19.4. The van der Waals surface area contributed by atoms with Crippen LogP contribution in [0.25, 0.3) is 0 Å². The summed E-state index contributed by atoms with van der Waals surface area (Å²) in [6.45, 7) is 3.66. The van der Waals surface area contributed by atoms with E-state index in [-0.39, 0.29) is 12.6 Å². The lowest BCUT2D eigenvalue weighted by molar-refractivity contribution is -0.209. The maximum Gasteiger partial charge on any atom is 0.415 e. The molecule has 1 heterocycles. The fourth-order valence-electron chi connectivity index (χ4n) is 2.21. The molecule has 7 heteroatoms. The van der Waals surface area contributed by atoms with Crippen LogP contribution in [0.2, 0.25) is 0 Å². The van der Waals surface area contributed by atoms with Gasteiger partial charge in [0.25, 0.3) is 0 Å². The Morgan fingerprint density at radius 3 is 2.26 bits per heavy atom. The molecule has 0 spiro atoms. The standard InChI is InChI=1S/C12H20F3N3O/c1-2-3-10(8-16)18-6-4-17(5-7-18)9-11(19)12(13,14)15/h10-11,19H,2-7,9H2,1H3. The number of rotatable bonds is 5. The molecule has 4 nitrogen and oxygen atoms in total. The lowest BCUT2D eigenvalue weighted by atomic mass is 10.1. The molecule has 2 atom stereocenters. The number of halogens is 3. The molecular weight excluding hydrogens is 259 g/mol. The van der Waals surface area contributed by atoms with Crippen LogP contribution in [-0.2, 0) is 0 Å². The van der Waals surface area contributed by atoms with Gasteiger partial charge < -0.3 is 5.11 Å². The highest BCUT2D eigenvalue weighted by Crippen LogP contribution is 2.21. The number of alkyl halides is 3. The first-order valence-electron chi connectivity index (χ1n) is 6.49. The molecule has 0 bridgehead atoms. The van der Waals surface area contributed by atoms with Crippen molar-refractivity contribution in [2.24, 2.45) is 0 Å². The molecule has 0 amide bonds. The van der Waals surface area contributed by atoms with Crippen molar-refractivity contribution in [2.75, 3.05) is 32.7 Å². The van der Waals surface area contributed by atoms with Gasteiger partial charge in [0.15, 0.2) is 6.10 Å². The van der Waals surface area contributed by atoms with Gasteiger partial charge in [-0.25, -0.2) is 0 Å². The molecule has 1 fully saturated rings. The third-order valence-corrected chi connectivity index (χ3v) is 3.37. The largest absolute Gasteiger partial charge is 0.415 e. The summed E-state index contributed by atoms with van der Waals surface area (Å²) in [5.41, 5.74) is 0. The van der Waals surface area contributed by atoms with Gasteiger partial charge in [-0.2, -0.15) is 18.4 Å². The molecular formula is C12H20F3N3O. The van der Waals surface area contributed by atoms with Crippen molar-refractivity contribution in [3.8, 4) is 6.07 Å². The Morgan fingerprint density at radius 2 is 1.84 bits per heavy atom. The Kier molecular flexibility index (Phi) is 6.04. The maximum absolute atomic E-state index is 12.2. The molecule has 19 heavy (non-hydrogen) atoms.